The van der Waals surface area contributed by atoms with Crippen molar-refractivity contribution in [1.82, 2.24) is 9.97 Å². The molecule has 1 heterocycles. The first-order valence-corrected chi connectivity index (χ1v) is 6.06. The van der Waals surface area contributed by atoms with Gasteiger partial charge in [-0.05, 0) is 31.7 Å². The molecule has 0 saturated heterocycles. The molecule has 5 heteroatoms. The van der Waals surface area contributed by atoms with Gasteiger partial charge in [-0.25, -0.2) is 4.98 Å². The molecule has 1 unspecified atom stereocenters. The predicted molar refractivity (Wildman–Crippen MR) is 67.9 cm³/mol. The lowest BCUT2D eigenvalue weighted by atomic mass is 10.2. The van der Waals surface area contributed by atoms with Crippen molar-refractivity contribution in [2.24, 2.45) is 5.92 Å². The van der Waals surface area contributed by atoms with E-state index in [1.165, 1.54) is 12.8 Å². The number of hydrogen-bond acceptors (Lipinski definition) is 5. The van der Waals surface area contributed by atoms with Crippen LogP contribution in [0.3, 0.4) is 0 Å². The van der Waals surface area contributed by atoms with Gasteiger partial charge in [-0.3, -0.25) is 0 Å². The number of nitrogens with two attached hydrogens (primary N) is 1. The summed E-state index contributed by atoms with van der Waals surface area (Å²) < 4.78 is 5.15. The van der Waals surface area contributed by atoms with Gasteiger partial charge in [0.05, 0.1) is 6.61 Å². The Morgan fingerprint density at radius 1 is 1.59 bits per heavy atom. The van der Waals surface area contributed by atoms with Crippen LogP contribution < -0.4 is 10.6 Å². The highest BCUT2D eigenvalue weighted by Gasteiger charge is 2.33. The first-order chi connectivity index (χ1) is 8.22. The minimum Gasteiger partial charge on any atom is -0.384 e. The van der Waals surface area contributed by atoms with E-state index in [1.807, 2.05) is 0 Å². The molecule has 0 radical (unpaired) electrons. The minimum absolute atomic E-state index is 0.451. The van der Waals surface area contributed by atoms with Crippen LogP contribution in [0.25, 0.3) is 0 Å². The van der Waals surface area contributed by atoms with E-state index < -0.39 is 0 Å². The maximum absolute atomic E-state index is 5.71. The van der Waals surface area contributed by atoms with E-state index in [-0.39, 0.29) is 0 Å². The van der Waals surface area contributed by atoms with Crippen molar-refractivity contribution in [3.8, 4) is 0 Å². The average Bonchev–Trinajstić information content (AvgIpc) is 3.13. The van der Waals surface area contributed by atoms with Crippen LogP contribution in [0.5, 0.6) is 0 Å². The van der Waals surface area contributed by atoms with Crippen molar-refractivity contribution < 1.29 is 4.74 Å². The van der Waals surface area contributed by atoms with E-state index in [4.69, 9.17) is 10.5 Å². The van der Waals surface area contributed by atoms with Crippen LogP contribution in [0.2, 0.25) is 0 Å². The lowest BCUT2D eigenvalue weighted by molar-refractivity contribution is 0.202. The smallest absolute Gasteiger partial charge is 0.227 e. The predicted octanol–water partition coefficient (Wildman–Crippen LogP) is 1.31. The summed E-state index contributed by atoms with van der Waals surface area (Å²) in [6.07, 6.45) is 4.30. The van der Waals surface area contributed by atoms with E-state index in [0.29, 0.717) is 24.4 Å². The quantitative estimate of drug-likeness (QED) is 0.806. The van der Waals surface area contributed by atoms with Crippen molar-refractivity contribution in [3.63, 3.8) is 0 Å². The van der Waals surface area contributed by atoms with Gasteiger partial charge in [-0.1, -0.05) is 0 Å². The molecule has 1 aromatic rings. The Balaban J connectivity index is 2.13. The molecule has 0 bridgehead atoms. The lowest BCUT2D eigenvalue weighted by Crippen LogP contribution is -2.38. The molecular weight excluding hydrogens is 216 g/mol. The van der Waals surface area contributed by atoms with E-state index in [0.717, 1.165) is 12.5 Å². The Kier molecular flexibility index (Phi) is 3.78. The monoisotopic (exact) mass is 236 g/mol. The highest BCUT2D eigenvalue weighted by Crippen LogP contribution is 2.36. The van der Waals surface area contributed by atoms with Gasteiger partial charge in [-0.2, -0.15) is 4.98 Å². The summed E-state index contributed by atoms with van der Waals surface area (Å²) in [7, 11) is 1.71. The molecule has 1 fully saturated rings. The molecule has 2 rings (SSSR count). The van der Waals surface area contributed by atoms with Crippen molar-refractivity contribution >= 4 is 11.8 Å². The van der Waals surface area contributed by atoms with Gasteiger partial charge < -0.3 is 15.4 Å². The number of nitrogens with zero attached hydrogens (tertiary/aromatic N) is 3. The number of hydrogen-bond donors (Lipinski definition) is 1. The third kappa shape index (κ3) is 3.06. The number of rotatable bonds is 6. The fourth-order valence-electron chi connectivity index (χ4n) is 2.01. The van der Waals surface area contributed by atoms with Crippen LogP contribution in [0.15, 0.2) is 12.3 Å². The Bertz CT molecular complexity index is 367. The van der Waals surface area contributed by atoms with Crippen molar-refractivity contribution in [3.05, 3.63) is 12.3 Å². The van der Waals surface area contributed by atoms with Gasteiger partial charge in [-0.15, -0.1) is 0 Å². The van der Waals surface area contributed by atoms with E-state index in [2.05, 4.69) is 21.8 Å². The van der Waals surface area contributed by atoms with Crippen LogP contribution in [0.1, 0.15) is 19.8 Å². The molecule has 1 aromatic heterocycles. The largest absolute Gasteiger partial charge is 0.384 e. The zero-order valence-corrected chi connectivity index (χ0v) is 10.5. The van der Waals surface area contributed by atoms with E-state index in [1.54, 1.807) is 19.4 Å². The number of methoxy groups -OCH3 is 1. The number of ether oxygens (including phenoxy) is 1. The summed E-state index contributed by atoms with van der Waals surface area (Å²) in [6.45, 7) is 3.70. The first-order valence-electron chi connectivity index (χ1n) is 6.06. The van der Waals surface area contributed by atoms with Gasteiger partial charge >= 0.3 is 0 Å². The number of anilines is 2. The third-order valence-corrected chi connectivity index (χ3v) is 3.25. The maximum Gasteiger partial charge on any atom is 0.227 e. The second-order valence-electron chi connectivity index (χ2n) is 4.55. The third-order valence-electron chi connectivity index (χ3n) is 3.25. The Labute approximate surface area is 102 Å². The average molecular weight is 236 g/mol. The van der Waals surface area contributed by atoms with Crippen LogP contribution in [0, 0.1) is 5.92 Å². The summed E-state index contributed by atoms with van der Waals surface area (Å²) in [5.74, 6) is 1.98. The molecule has 2 N–H and O–H groups in total. The molecular formula is C12H20N4O. The van der Waals surface area contributed by atoms with Crippen molar-refractivity contribution in [1.29, 1.82) is 0 Å². The Hall–Kier alpha value is -1.36. The molecule has 1 aliphatic rings. The Morgan fingerprint density at radius 3 is 2.94 bits per heavy atom. The number of aromatic nitrogens is 2. The van der Waals surface area contributed by atoms with Crippen LogP contribution in [-0.2, 0) is 4.74 Å². The highest BCUT2D eigenvalue weighted by molar-refractivity contribution is 5.39. The normalized spacial score (nSPS) is 16.8. The second kappa shape index (κ2) is 5.31. The first kappa shape index (κ1) is 12.1. The van der Waals surface area contributed by atoms with Gasteiger partial charge in [0.25, 0.3) is 0 Å². The lowest BCUT2D eigenvalue weighted by Gasteiger charge is -2.29. The molecule has 0 aromatic carbocycles. The van der Waals surface area contributed by atoms with Crippen LogP contribution in [-0.4, -0.2) is 36.3 Å². The summed E-state index contributed by atoms with van der Waals surface area (Å²) in [6, 6.07) is 2.16. The van der Waals surface area contributed by atoms with Gasteiger partial charge in [0.2, 0.25) is 5.95 Å². The second-order valence-corrected chi connectivity index (χ2v) is 4.55. The Morgan fingerprint density at radius 2 is 2.35 bits per heavy atom. The molecule has 17 heavy (non-hydrogen) atoms. The molecule has 0 spiro atoms. The topological polar surface area (TPSA) is 64.3 Å². The van der Waals surface area contributed by atoms with Gasteiger partial charge in [0.1, 0.15) is 5.82 Å². The summed E-state index contributed by atoms with van der Waals surface area (Å²) in [4.78, 5) is 10.8. The molecule has 1 aliphatic carbocycles. The summed E-state index contributed by atoms with van der Waals surface area (Å²) in [5.41, 5.74) is 5.71. The van der Waals surface area contributed by atoms with E-state index in [9.17, 15) is 0 Å². The zero-order valence-electron chi connectivity index (χ0n) is 10.5. The van der Waals surface area contributed by atoms with Gasteiger partial charge in [0, 0.05) is 25.9 Å². The molecule has 5 nitrogen and oxygen atoms in total. The van der Waals surface area contributed by atoms with Crippen molar-refractivity contribution in [2.45, 2.75) is 25.8 Å². The maximum atomic E-state index is 5.71. The summed E-state index contributed by atoms with van der Waals surface area (Å²) in [5, 5.41) is 0. The van der Waals surface area contributed by atoms with Crippen molar-refractivity contribution in [2.75, 3.05) is 30.9 Å². The van der Waals surface area contributed by atoms with Gasteiger partial charge in [0.15, 0.2) is 0 Å². The molecule has 1 saturated carbocycles. The number of nitrogen functional groups attached to an aromatic ring is 1. The fraction of sp³-hybridized carbons (Fsp3) is 0.667. The molecule has 1 atom stereocenters. The zero-order chi connectivity index (χ0) is 12.3. The molecule has 94 valence electrons. The van der Waals surface area contributed by atoms with Crippen LogP contribution >= 0.6 is 0 Å². The molecule has 0 amide bonds. The highest BCUT2D eigenvalue weighted by atomic mass is 16.5. The van der Waals surface area contributed by atoms with E-state index >= 15 is 0 Å². The van der Waals surface area contributed by atoms with Crippen LogP contribution in [0.4, 0.5) is 11.8 Å². The SMILES string of the molecule is COCCN(c1nccc(N)n1)C(C)C1CC1. The standard InChI is InChI=1S/C12H20N4O/c1-9(10-3-4-10)16(7-8-17-2)12-14-6-5-11(13)15-12/h5-6,9-10H,3-4,7-8H2,1-2H3,(H2,13,14,15). The summed E-state index contributed by atoms with van der Waals surface area (Å²) >= 11 is 0. The fourth-order valence-corrected chi connectivity index (χ4v) is 2.01. The molecule has 0 aliphatic heterocycles. The minimum atomic E-state index is 0.451.